The molecule has 1 saturated heterocycles. The monoisotopic (exact) mass is 428 g/mol. The van der Waals surface area contributed by atoms with Gasteiger partial charge in [-0.3, -0.25) is 14.6 Å². The lowest BCUT2D eigenvalue weighted by Crippen LogP contribution is -2.29. The number of thiophene rings is 1. The predicted molar refractivity (Wildman–Crippen MR) is 108 cm³/mol. The van der Waals surface area contributed by atoms with E-state index in [1.165, 1.54) is 46.8 Å². The molecule has 2 aromatic heterocycles. The number of carbonyl (C=O) groups is 2. The molecule has 1 unspecified atom stereocenters. The van der Waals surface area contributed by atoms with Gasteiger partial charge in [0.05, 0.1) is 18.2 Å². The van der Waals surface area contributed by atoms with Crippen LogP contribution in [0.4, 0.5) is 4.39 Å². The zero-order chi connectivity index (χ0) is 20.5. The molecular formula is C21H14ClFN2O3S. The Balaban J connectivity index is 1.94. The number of likely N-dealkylation sites (tertiary alicyclic amines) is 1. The molecule has 0 radical (unpaired) electrons. The van der Waals surface area contributed by atoms with Crippen LogP contribution < -0.4 is 0 Å². The van der Waals surface area contributed by atoms with Crippen molar-refractivity contribution in [1.82, 2.24) is 9.88 Å². The molecule has 29 heavy (non-hydrogen) atoms. The summed E-state index contributed by atoms with van der Waals surface area (Å²) in [5.41, 5.74) is 0.000930. The van der Waals surface area contributed by atoms with Crippen LogP contribution in [0.2, 0.25) is 5.02 Å². The summed E-state index contributed by atoms with van der Waals surface area (Å²) in [6, 6.07) is 9.73. The van der Waals surface area contributed by atoms with Gasteiger partial charge in [0.15, 0.2) is 0 Å². The Labute approximate surface area is 174 Å². The van der Waals surface area contributed by atoms with Gasteiger partial charge in [-0.05, 0) is 35.7 Å². The van der Waals surface area contributed by atoms with Crippen LogP contribution >= 0.6 is 22.9 Å². The summed E-state index contributed by atoms with van der Waals surface area (Å²) in [5.74, 6) is -2.81. The van der Waals surface area contributed by atoms with Crippen molar-refractivity contribution in [3.63, 3.8) is 0 Å². The third-order valence-corrected chi connectivity index (χ3v) is 5.85. The van der Waals surface area contributed by atoms with E-state index in [1.807, 2.05) is 17.5 Å². The number of hydrogen-bond donors (Lipinski definition) is 1. The van der Waals surface area contributed by atoms with Crippen LogP contribution in [0.5, 0.6) is 0 Å². The normalized spacial score (nSPS) is 18.4. The molecule has 1 fully saturated rings. The summed E-state index contributed by atoms with van der Waals surface area (Å²) >= 11 is 7.67. The van der Waals surface area contributed by atoms with Crippen LogP contribution in [0.3, 0.4) is 0 Å². The van der Waals surface area contributed by atoms with E-state index in [1.54, 1.807) is 12.1 Å². The van der Waals surface area contributed by atoms with Gasteiger partial charge in [-0.25, -0.2) is 4.39 Å². The van der Waals surface area contributed by atoms with E-state index < -0.39 is 29.3 Å². The fraction of sp³-hybridized carbons (Fsp3) is 0.0952. The number of aliphatic hydroxyl groups is 1. The molecule has 0 saturated carbocycles. The maximum Gasteiger partial charge on any atom is 0.295 e. The van der Waals surface area contributed by atoms with Crippen LogP contribution in [0.15, 0.2) is 65.8 Å². The fourth-order valence-electron chi connectivity index (χ4n) is 3.34. The Morgan fingerprint density at radius 3 is 2.69 bits per heavy atom. The standard InChI is InChI=1S/C21H14ClFN2O3S/c22-14-6-1-7-15(23)16(14)18-17(19(26)12-4-2-8-24-10-12)20(27)21(28)25(18)11-13-5-3-9-29-13/h1-10,18,26H,11H2/b19-17+. The fourth-order valence-corrected chi connectivity index (χ4v) is 4.31. The molecule has 1 amide bonds. The third-order valence-electron chi connectivity index (χ3n) is 4.65. The highest BCUT2D eigenvalue weighted by Crippen LogP contribution is 2.43. The van der Waals surface area contributed by atoms with E-state index in [0.29, 0.717) is 0 Å². The first-order valence-electron chi connectivity index (χ1n) is 8.64. The minimum atomic E-state index is -1.16. The van der Waals surface area contributed by atoms with Gasteiger partial charge in [-0.2, -0.15) is 0 Å². The number of nitrogens with zero attached hydrogens (tertiary/aromatic N) is 2. The predicted octanol–water partition coefficient (Wildman–Crippen LogP) is 4.56. The molecule has 3 aromatic rings. The van der Waals surface area contributed by atoms with Crippen molar-refractivity contribution < 1.29 is 19.1 Å². The second-order valence-electron chi connectivity index (χ2n) is 6.38. The van der Waals surface area contributed by atoms with E-state index >= 15 is 0 Å². The molecule has 146 valence electrons. The third kappa shape index (κ3) is 3.43. The number of benzene rings is 1. The molecule has 5 nitrogen and oxygen atoms in total. The summed E-state index contributed by atoms with van der Waals surface area (Å²) in [5, 5.41) is 12.7. The topological polar surface area (TPSA) is 70.5 Å². The molecule has 1 aliphatic rings. The first-order valence-corrected chi connectivity index (χ1v) is 9.90. The molecule has 1 atom stereocenters. The van der Waals surface area contributed by atoms with E-state index in [9.17, 15) is 19.1 Å². The van der Waals surface area contributed by atoms with E-state index in [-0.39, 0.29) is 28.3 Å². The van der Waals surface area contributed by atoms with Crippen molar-refractivity contribution in [2.45, 2.75) is 12.6 Å². The summed E-state index contributed by atoms with van der Waals surface area (Å²) in [7, 11) is 0. The lowest BCUT2D eigenvalue weighted by atomic mass is 9.95. The molecule has 1 N–H and O–H groups in total. The van der Waals surface area contributed by atoms with Crippen molar-refractivity contribution in [2.75, 3.05) is 0 Å². The number of aromatic nitrogens is 1. The molecular weight excluding hydrogens is 415 g/mol. The van der Waals surface area contributed by atoms with Crippen LogP contribution in [-0.4, -0.2) is 26.7 Å². The SMILES string of the molecule is O=C1C(=O)N(Cc2cccs2)C(c2c(F)cccc2Cl)/C1=C(\O)c1cccnc1. The van der Waals surface area contributed by atoms with Crippen molar-refractivity contribution in [3.05, 3.63) is 92.7 Å². The minimum absolute atomic E-state index is 0.0321. The Bertz CT molecular complexity index is 1100. The zero-order valence-electron chi connectivity index (χ0n) is 14.9. The first kappa shape index (κ1) is 19.3. The second-order valence-corrected chi connectivity index (χ2v) is 7.82. The smallest absolute Gasteiger partial charge is 0.295 e. The number of ketones is 1. The highest BCUT2D eigenvalue weighted by atomic mass is 35.5. The molecule has 0 spiro atoms. The van der Waals surface area contributed by atoms with Gasteiger partial charge in [0.25, 0.3) is 11.7 Å². The lowest BCUT2D eigenvalue weighted by Gasteiger charge is -2.26. The summed E-state index contributed by atoms with van der Waals surface area (Å²) in [6.07, 6.45) is 2.87. The van der Waals surface area contributed by atoms with Gasteiger partial charge in [-0.1, -0.05) is 23.7 Å². The first-order chi connectivity index (χ1) is 14.0. The van der Waals surface area contributed by atoms with Crippen LogP contribution in [0.1, 0.15) is 22.0 Å². The molecule has 3 heterocycles. The Morgan fingerprint density at radius 1 is 1.21 bits per heavy atom. The van der Waals surface area contributed by atoms with E-state index in [0.717, 1.165) is 4.88 Å². The van der Waals surface area contributed by atoms with Crippen molar-refractivity contribution in [1.29, 1.82) is 0 Å². The Hall–Kier alpha value is -3.03. The molecule has 1 aliphatic heterocycles. The maximum atomic E-state index is 14.8. The highest BCUT2D eigenvalue weighted by molar-refractivity contribution is 7.09. The number of halogens is 2. The number of hydrogen-bond acceptors (Lipinski definition) is 5. The van der Waals surface area contributed by atoms with Crippen molar-refractivity contribution in [2.24, 2.45) is 0 Å². The Kier molecular flexibility index (Phi) is 5.17. The second kappa shape index (κ2) is 7.77. The van der Waals surface area contributed by atoms with Crippen LogP contribution in [0.25, 0.3) is 5.76 Å². The Morgan fingerprint density at radius 2 is 2.03 bits per heavy atom. The van der Waals surface area contributed by atoms with Gasteiger partial charge in [0.1, 0.15) is 11.6 Å². The molecule has 8 heteroatoms. The van der Waals surface area contributed by atoms with Gasteiger partial charge >= 0.3 is 0 Å². The van der Waals surface area contributed by atoms with Crippen molar-refractivity contribution in [3.8, 4) is 0 Å². The zero-order valence-corrected chi connectivity index (χ0v) is 16.5. The lowest BCUT2D eigenvalue weighted by molar-refractivity contribution is -0.140. The number of aliphatic hydroxyl groups excluding tert-OH is 1. The van der Waals surface area contributed by atoms with E-state index in [2.05, 4.69) is 4.98 Å². The summed E-state index contributed by atoms with van der Waals surface area (Å²) < 4.78 is 14.8. The average Bonchev–Trinajstić information content (AvgIpc) is 3.31. The molecule has 1 aromatic carbocycles. The quantitative estimate of drug-likeness (QED) is 0.376. The number of rotatable bonds is 4. The van der Waals surface area contributed by atoms with Crippen molar-refractivity contribution >= 4 is 40.4 Å². The van der Waals surface area contributed by atoms with Crippen LogP contribution in [-0.2, 0) is 16.1 Å². The molecule has 0 aliphatic carbocycles. The number of Topliss-reactive ketones (excluding diaryl/α,β-unsaturated/α-hetero) is 1. The van der Waals surface area contributed by atoms with E-state index in [4.69, 9.17) is 11.6 Å². The molecule has 0 bridgehead atoms. The van der Waals surface area contributed by atoms with Gasteiger partial charge in [0.2, 0.25) is 0 Å². The maximum absolute atomic E-state index is 14.8. The number of pyridine rings is 1. The number of amides is 1. The summed E-state index contributed by atoms with van der Waals surface area (Å²) in [6.45, 7) is 0.0847. The highest BCUT2D eigenvalue weighted by Gasteiger charge is 2.47. The van der Waals surface area contributed by atoms with Crippen LogP contribution in [0, 0.1) is 5.82 Å². The minimum Gasteiger partial charge on any atom is -0.507 e. The van der Waals surface area contributed by atoms with Gasteiger partial charge in [0, 0.05) is 33.4 Å². The average molecular weight is 429 g/mol. The number of carbonyl (C=O) groups excluding carboxylic acids is 2. The van der Waals surface area contributed by atoms with Gasteiger partial charge < -0.3 is 10.0 Å². The van der Waals surface area contributed by atoms with Gasteiger partial charge in [-0.15, -0.1) is 11.3 Å². The molecule has 4 rings (SSSR count). The summed E-state index contributed by atoms with van der Waals surface area (Å²) in [4.78, 5) is 31.7. The largest absolute Gasteiger partial charge is 0.507 e.